The smallest absolute Gasteiger partial charge is 0.203 e. The van der Waals surface area contributed by atoms with Gasteiger partial charge in [0.1, 0.15) is 5.69 Å². The molecule has 1 aliphatic rings. The van der Waals surface area contributed by atoms with Crippen molar-refractivity contribution in [2.24, 2.45) is 10.8 Å². The number of hydrazine groups is 1. The van der Waals surface area contributed by atoms with Gasteiger partial charge < -0.3 is 5.73 Å². The fourth-order valence-electron chi connectivity index (χ4n) is 1.82. The van der Waals surface area contributed by atoms with E-state index in [2.05, 4.69) is 15.1 Å². The predicted octanol–water partition coefficient (Wildman–Crippen LogP) is 0.757. The van der Waals surface area contributed by atoms with Gasteiger partial charge in [-0.3, -0.25) is 9.97 Å². The van der Waals surface area contributed by atoms with Crippen LogP contribution in [0.1, 0.15) is 25.5 Å². The summed E-state index contributed by atoms with van der Waals surface area (Å²) in [7, 11) is 0. The molecule has 1 fully saturated rings. The summed E-state index contributed by atoms with van der Waals surface area (Å²) in [6.45, 7) is 3.72. The first-order valence-corrected chi connectivity index (χ1v) is 6.25. The van der Waals surface area contributed by atoms with Gasteiger partial charge in [0.05, 0.1) is 11.9 Å². The van der Waals surface area contributed by atoms with Gasteiger partial charge in [-0.1, -0.05) is 0 Å². The van der Waals surface area contributed by atoms with Crippen LogP contribution in [-0.4, -0.2) is 44.0 Å². The van der Waals surface area contributed by atoms with E-state index in [9.17, 15) is 0 Å². The zero-order chi connectivity index (χ0) is 13.0. The molecule has 96 valence electrons. The van der Waals surface area contributed by atoms with Gasteiger partial charge in [-0.05, 0) is 32.0 Å². The first-order chi connectivity index (χ1) is 8.68. The molecule has 0 aromatic carbocycles. The van der Waals surface area contributed by atoms with Gasteiger partial charge in [0.15, 0.2) is 0 Å². The Labute approximate surface area is 111 Å². The molecule has 1 saturated heterocycles. The maximum atomic E-state index is 5.72. The molecule has 0 unspecified atom stereocenters. The molecule has 2 heterocycles. The molecule has 0 spiro atoms. The number of nitrogens with zero attached hydrogens (tertiary/aromatic N) is 5. The summed E-state index contributed by atoms with van der Waals surface area (Å²) in [6, 6.07) is 0. The van der Waals surface area contributed by atoms with Crippen molar-refractivity contribution in [3.8, 4) is 0 Å². The first kappa shape index (κ1) is 12.8. The third-order valence-corrected chi connectivity index (χ3v) is 2.89. The molecule has 0 atom stereocenters. The van der Waals surface area contributed by atoms with E-state index in [1.54, 1.807) is 23.7 Å². The highest BCUT2D eigenvalue weighted by Gasteiger charge is 2.20. The third kappa shape index (κ3) is 2.99. The number of nitrogens with two attached hydrogens (primary N) is 1. The lowest BCUT2D eigenvalue weighted by atomic mass is 10.3. The van der Waals surface area contributed by atoms with Gasteiger partial charge in [0.2, 0.25) is 5.11 Å². The highest BCUT2D eigenvalue weighted by atomic mass is 32.1. The highest BCUT2D eigenvalue weighted by Crippen LogP contribution is 2.12. The van der Waals surface area contributed by atoms with E-state index in [-0.39, 0.29) is 5.11 Å². The summed E-state index contributed by atoms with van der Waals surface area (Å²) in [6.07, 6.45) is 7.20. The van der Waals surface area contributed by atoms with E-state index in [4.69, 9.17) is 18.0 Å². The molecule has 0 bridgehead atoms. The maximum Gasteiger partial charge on any atom is 0.203 e. The summed E-state index contributed by atoms with van der Waals surface area (Å²) in [4.78, 5) is 8.21. The van der Waals surface area contributed by atoms with E-state index >= 15 is 0 Å². The van der Waals surface area contributed by atoms with Crippen molar-refractivity contribution >= 4 is 23.0 Å². The lowest BCUT2D eigenvalue weighted by molar-refractivity contribution is 0.0792. The van der Waals surface area contributed by atoms with Gasteiger partial charge in [-0.2, -0.15) is 15.2 Å². The minimum absolute atomic E-state index is 0.250. The minimum Gasteiger partial charge on any atom is -0.374 e. The van der Waals surface area contributed by atoms with Gasteiger partial charge in [-0.15, -0.1) is 0 Å². The zero-order valence-corrected chi connectivity index (χ0v) is 11.1. The van der Waals surface area contributed by atoms with Crippen LogP contribution in [0.25, 0.3) is 0 Å². The average Bonchev–Trinajstić information content (AvgIpc) is 2.90. The molecule has 18 heavy (non-hydrogen) atoms. The molecule has 0 radical (unpaired) electrons. The second-order valence-electron chi connectivity index (χ2n) is 4.06. The van der Waals surface area contributed by atoms with Crippen molar-refractivity contribution in [3.05, 3.63) is 24.3 Å². The Bertz CT molecular complexity index is 440. The molecule has 1 aromatic heterocycles. The standard InChI is InChI=1S/C11H16N6S/c1-9(10-8-13-4-5-14-10)15-17(11(12)18)16-6-2-3-7-16/h4-5,8H,2-3,6-7H2,1H3,(H2,12,18)/b15-9+. The molecule has 6 nitrogen and oxygen atoms in total. The van der Waals surface area contributed by atoms with Crippen molar-refractivity contribution in [2.45, 2.75) is 19.8 Å². The maximum absolute atomic E-state index is 5.72. The quantitative estimate of drug-likeness (QED) is 0.494. The fourth-order valence-corrected chi connectivity index (χ4v) is 1.98. The van der Waals surface area contributed by atoms with Crippen molar-refractivity contribution in [3.63, 3.8) is 0 Å². The summed E-state index contributed by atoms with van der Waals surface area (Å²) in [5.74, 6) is 0. The third-order valence-electron chi connectivity index (χ3n) is 2.73. The highest BCUT2D eigenvalue weighted by molar-refractivity contribution is 7.80. The van der Waals surface area contributed by atoms with Crippen LogP contribution in [0.2, 0.25) is 0 Å². The van der Waals surface area contributed by atoms with Crippen LogP contribution in [0.3, 0.4) is 0 Å². The van der Waals surface area contributed by atoms with Crippen LogP contribution in [0.5, 0.6) is 0 Å². The first-order valence-electron chi connectivity index (χ1n) is 5.84. The molecule has 1 aromatic rings. The number of aromatic nitrogens is 2. The Morgan fingerprint density at radius 2 is 2.17 bits per heavy atom. The molecular weight excluding hydrogens is 248 g/mol. The summed E-state index contributed by atoms with van der Waals surface area (Å²) < 4.78 is 0. The SMILES string of the molecule is C/C(=N\N(C(N)=S)N1CCCC1)c1cnccn1. The molecule has 2 rings (SSSR count). The Kier molecular flexibility index (Phi) is 4.16. The van der Waals surface area contributed by atoms with Crippen LogP contribution in [0, 0.1) is 0 Å². The Hall–Kier alpha value is -1.60. The van der Waals surface area contributed by atoms with Crippen LogP contribution < -0.4 is 5.73 Å². The molecular formula is C11H16N6S. The van der Waals surface area contributed by atoms with Crippen molar-refractivity contribution in [1.29, 1.82) is 0 Å². The topological polar surface area (TPSA) is 70.6 Å². The summed E-state index contributed by atoms with van der Waals surface area (Å²) >= 11 is 5.04. The van der Waals surface area contributed by atoms with E-state index in [0.29, 0.717) is 0 Å². The molecule has 2 N–H and O–H groups in total. The van der Waals surface area contributed by atoms with Crippen LogP contribution in [0.15, 0.2) is 23.7 Å². The Morgan fingerprint density at radius 1 is 1.44 bits per heavy atom. The van der Waals surface area contributed by atoms with E-state index in [0.717, 1.165) is 37.3 Å². The predicted molar refractivity (Wildman–Crippen MR) is 73.7 cm³/mol. The number of rotatable bonds is 3. The number of hydrogen-bond acceptors (Lipinski definition) is 5. The Balaban J connectivity index is 2.19. The fraction of sp³-hybridized carbons (Fsp3) is 0.455. The van der Waals surface area contributed by atoms with Crippen LogP contribution in [-0.2, 0) is 0 Å². The Morgan fingerprint density at radius 3 is 2.72 bits per heavy atom. The summed E-state index contributed by atoms with van der Waals surface area (Å²) in [5.41, 5.74) is 7.17. The van der Waals surface area contributed by atoms with Crippen molar-refractivity contribution in [2.75, 3.05) is 13.1 Å². The summed E-state index contributed by atoms with van der Waals surface area (Å²) in [5, 5.41) is 8.32. The van der Waals surface area contributed by atoms with E-state index in [1.807, 2.05) is 11.9 Å². The van der Waals surface area contributed by atoms with Gasteiger partial charge in [0.25, 0.3) is 0 Å². The zero-order valence-electron chi connectivity index (χ0n) is 10.3. The number of hydrazone groups is 1. The lowest BCUT2D eigenvalue weighted by Crippen LogP contribution is -2.44. The molecule has 0 amide bonds. The normalized spacial score (nSPS) is 16.8. The molecule has 1 aliphatic heterocycles. The monoisotopic (exact) mass is 264 g/mol. The van der Waals surface area contributed by atoms with Crippen molar-refractivity contribution < 1.29 is 0 Å². The van der Waals surface area contributed by atoms with Crippen LogP contribution in [0.4, 0.5) is 0 Å². The number of hydrogen-bond donors (Lipinski definition) is 1. The van der Waals surface area contributed by atoms with Crippen molar-refractivity contribution in [1.82, 2.24) is 20.1 Å². The largest absolute Gasteiger partial charge is 0.374 e. The van der Waals surface area contributed by atoms with Gasteiger partial charge in [0, 0.05) is 25.5 Å². The second kappa shape index (κ2) is 5.83. The average molecular weight is 264 g/mol. The lowest BCUT2D eigenvalue weighted by Gasteiger charge is -2.27. The van der Waals surface area contributed by atoms with E-state index in [1.165, 1.54) is 0 Å². The number of thiocarbonyl (C=S) groups is 1. The van der Waals surface area contributed by atoms with Gasteiger partial charge in [-0.25, -0.2) is 0 Å². The second-order valence-corrected chi connectivity index (χ2v) is 4.48. The van der Waals surface area contributed by atoms with E-state index < -0.39 is 0 Å². The molecule has 7 heteroatoms. The minimum atomic E-state index is 0.250. The molecule has 0 saturated carbocycles. The van der Waals surface area contributed by atoms with Crippen LogP contribution >= 0.6 is 12.2 Å². The molecule has 0 aliphatic carbocycles. The van der Waals surface area contributed by atoms with Gasteiger partial charge >= 0.3 is 0 Å².